The molecule has 1 fully saturated rings. The number of fused-ring (bicyclic) bond motifs is 1. The lowest BCUT2D eigenvalue weighted by Crippen LogP contribution is -2.09. The average Bonchev–Trinajstić information content (AvgIpc) is 3.42. The summed E-state index contributed by atoms with van der Waals surface area (Å²) in [5.41, 5.74) is 2.40. The van der Waals surface area contributed by atoms with Gasteiger partial charge >= 0.3 is 5.97 Å². The van der Waals surface area contributed by atoms with Gasteiger partial charge in [0.2, 0.25) is 0 Å². The number of anilines is 2. The molecule has 0 bridgehead atoms. The van der Waals surface area contributed by atoms with E-state index in [0.29, 0.717) is 11.1 Å². The molecule has 0 spiro atoms. The number of carboxylic acids is 1. The van der Waals surface area contributed by atoms with Gasteiger partial charge in [-0.05, 0) is 43.5 Å². The monoisotopic (exact) mass is 355 g/mol. The van der Waals surface area contributed by atoms with Gasteiger partial charge in [-0.25, -0.2) is 9.18 Å². The van der Waals surface area contributed by atoms with E-state index in [2.05, 4.69) is 10.3 Å². The minimum Gasteiger partial charge on any atom is -0.477 e. The van der Waals surface area contributed by atoms with E-state index in [0.717, 1.165) is 23.9 Å². The van der Waals surface area contributed by atoms with Crippen LogP contribution in [-0.2, 0) is 0 Å². The molecule has 0 radical (unpaired) electrons. The van der Waals surface area contributed by atoms with E-state index in [1.807, 2.05) is 18.4 Å². The highest BCUT2D eigenvalue weighted by Gasteiger charge is 2.32. The quantitative estimate of drug-likeness (QED) is 0.667. The Balaban J connectivity index is 0.000000948. The summed E-state index contributed by atoms with van der Waals surface area (Å²) in [5, 5.41) is 13.4. The van der Waals surface area contributed by atoms with E-state index >= 15 is 0 Å². The van der Waals surface area contributed by atoms with Gasteiger partial charge in [-0.3, -0.25) is 4.98 Å². The molecule has 0 unspecified atom stereocenters. The maximum Gasteiger partial charge on any atom is 0.354 e. The number of aromatic nitrogens is 2. The molecule has 2 N–H and O–H groups in total. The second-order valence-corrected chi connectivity index (χ2v) is 6.13. The van der Waals surface area contributed by atoms with Crippen molar-refractivity contribution in [2.75, 3.05) is 5.32 Å². The lowest BCUT2D eigenvalue weighted by molar-refractivity contribution is 0.0686. The molecular weight excluding hydrogens is 333 g/mol. The van der Waals surface area contributed by atoms with E-state index in [1.165, 1.54) is 6.07 Å². The smallest absolute Gasteiger partial charge is 0.354 e. The van der Waals surface area contributed by atoms with Gasteiger partial charge in [0.15, 0.2) is 5.69 Å². The molecule has 2 aromatic heterocycles. The summed E-state index contributed by atoms with van der Waals surface area (Å²) in [6, 6.07) is 6.80. The van der Waals surface area contributed by atoms with Crippen LogP contribution in [0.2, 0.25) is 0 Å². The summed E-state index contributed by atoms with van der Waals surface area (Å²) in [5.74, 6) is -1.45. The fourth-order valence-electron chi connectivity index (χ4n) is 3.06. The van der Waals surface area contributed by atoms with Crippen LogP contribution in [-0.4, -0.2) is 20.6 Å². The summed E-state index contributed by atoms with van der Waals surface area (Å²) in [6.07, 6.45) is 5.16. The first kappa shape index (κ1) is 17.9. The predicted octanol–water partition coefficient (Wildman–Crippen LogP) is 5.29. The van der Waals surface area contributed by atoms with E-state index in [-0.39, 0.29) is 17.4 Å². The SMILES string of the molecule is CC.Cc1ccc(Nc2c(C(=O)O)n(C3CC3)c3ccncc23)c(F)c1. The molecule has 6 heteroatoms. The molecule has 1 aliphatic carbocycles. The minimum absolute atomic E-state index is 0.153. The van der Waals surface area contributed by atoms with E-state index in [4.69, 9.17) is 0 Å². The van der Waals surface area contributed by atoms with Gasteiger partial charge in [-0.15, -0.1) is 0 Å². The zero-order valence-corrected chi connectivity index (χ0v) is 15.1. The third kappa shape index (κ3) is 3.14. The first-order valence-corrected chi connectivity index (χ1v) is 8.80. The minimum atomic E-state index is -1.03. The van der Waals surface area contributed by atoms with Crippen molar-refractivity contribution in [3.63, 3.8) is 0 Å². The molecule has 136 valence electrons. The summed E-state index contributed by atoms with van der Waals surface area (Å²) in [4.78, 5) is 16.0. The number of benzene rings is 1. The first-order chi connectivity index (χ1) is 12.6. The molecule has 0 atom stereocenters. The number of halogens is 1. The second kappa shape index (κ2) is 7.15. The Kier molecular flexibility index (Phi) is 4.93. The Morgan fingerprint density at radius 2 is 2.04 bits per heavy atom. The molecular formula is C20H22FN3O2. The van der Waals surface area contributed by atoms with Gasteiger partial charge < -0.3 is 15.0 Å². The number of hydrogen-bond acceptors (Lipinski definition) is 3. The summed E-state index contributed by atoms with van der Waals surface area (Å²) in [7, 11) is 0. The molecule has 0 aliphatic heterocycles. The highest BCUT2D eigenvalue weighted by molar-refractivity contribution is 6.07. The summed E-state index contributed by atoms with van der Waals surface area (Å²) in [6.45, 7) is 5.80. The normalized spacial score (nSPS) is 13.2. The number of hydrogen-bond donors (Lipinski definition) is 2. The topological polar surface area (TPSA) is 67.2 Å². The Hall–Kier alpha value is -2.89. The number of rotatable bonds is 4. The van der Waals surface area contributed by atoms with Crippen molar-refractivity contribution in [2.45, 2.75) is 39.7 Å². The van der Waals surface area contributed by atoms with Crippen molar-refractivity contribution in [1.29, 1.82) is 0 Å². The maximum atomic E-state index is 14.2. The van der Waals surface area contributed by atoms with Crippen molar-refractivity contribution in [2.24, 2.45) is 0 Å². The Morgan fingerprint density at radius 3 is 2.65 bits per heavy atom. The highest BCUT2D eigenvalue weighted by atomic mass is 19.1. The van der Waals surface area contributed by atoms with Gasteiger partial charge in [0.25, 0.3) is 0 Å². The Bertz CT molecular complexity index is 961. The van der Waals surface area contributed by atoms with Gasteiger partial charge in [0, 0.05) is 23.8 Å². The van der Waals surface area contributed by atoms with Crippen molar-refractivity contribution < 1.29 is 14.3 Å². The van der Waals surface area contributed by atoms with Crippen LogP contribution in [0.25, 0.3) is 10.9 Å². The average molecular weight is 355 g/mol. The molecule has 1 saturated carbocycles. The fourth-order valence-corrected chi connectivity index (χ4v) is 3.06. The van der Waals surface area contributed by atoms with Crippen LogP contribution >= 0.6 is 0 Å². The molecule has 4 rings (SSSR count). The maximum absolute atomic E-state index is 14.2. The lowest BCUT2D eigenvalue weighted by atomic mass is 10.2. The first-order valence-electron chi connectivity index (χ1n) is 8.80. The molecule has 26 heavy (non-hydrogen) atoms. The van der Waals surface area contributed by atoms with Crippen LogP contribution in [0.4, 0.5) is 15.8 Å². The molecule has 3 aromatic rings. The number of carboxylic acid groups (broad SMARTS) is 1. The number of nitrogens with one attached hydrogen (secondary N) is 1. The highest BCUT2D eigenvalue weighted by Crippen LogP contribution is 2.43. The molecule has 5 nitrogen and oxygen atoms in total. The molecule has 2 heterocycles. The summed E-state index contributed by atoms with van der Waals surface area (Å²) < 4.78 is 16.0. The van der Waals surface area contributed by atoms with Crippen molar-refractivity contribution in [1.82, 2.24) is 9.55 Å². The number of aryl methyl sites for hydroxylation is 1. The largest absolute Gasteiger partial charge is 0.477 e. The number of carbonyl (C=O) groups is 1. The number of nitrogens with zero attached hydrogens (tertiary/aromatic N) is 2. The molecule has 0 amide bonds. The Labute approximate surface area is 151 Å². The van der Waals surface area contributed by atoms with Crippen LogP contribution in [0.15, 0.2) is 36.7 Å². The van der Waals surface area contributed by atoms with Crippen LogP contribution in [0.5, 0.6) is 0 Å². The predicted molar refractivity (Wildman–Crippen MR) is 101 cm³/mol. The number of aromatic carboxylic acids is 1. The van der Waals surface area contributed by atoms with Gasteiger partial charge in [-0.2, -0.15) is 0 Å². The Morgan fingerprint density at radius 1 is 1.31 bits per heavy atom. The molecule has 1 aliphatic rings. The van der Waals surface area contributed by atoms with Crippen LogP contribution in [0.3, 0.4) is 0 Å². The van der Waals surface area contributed by atoms with Crippen molar-refractivity contribution in [3.05, 3.63) is 53.7 Å². The lowest BCUT2D eigenvalue weighted by Gasteiger charge is -2.10. The van der Waals surface area contributed by atoms with Crippen molar-refractivity contribution >= 4 is 28.2 Å². The third-order valence-corrected chi connectivity index (χ3v) is 4.30. The zero-order valence-electron chi connectivity index (χ0n) is 15.1. The second-order valence-electron chi connectivity index (χ2n) is 6.13. The van der Waals surface area contributed by atoms with Gasteiger partial charge in [0.05, 0.1) is 16.9 Å². The van der Waals surface area contributed by atoms with Crippen LogP contribution in [0, 0.1) is 12.7 Å². The molecule has 1 aromatic carbocycles. The summed E-state index contributed by atoms with van der Waals surface area (Å²) >= 11 is 0. The van der Waals surface area contributed by atoms with Crippen LogP contribution in [0.1, 0.15) is 48.8 Å². The molecule has 0 saturated heterocycles. The van der Waals surface area contributed by atoms with Crippen LogP contribution < -0.4 is 5.32 Å². The number of pyridine rings is 1. The zero-order chi connectivity index (χ0) is 18.8. The fraction of sp³-hybridized carbons (Fsp3) is 0.300. The van der Waals surface area contributed by atoms with E-state index in [1.54, 1.807) is 37.5 Å². The van der Waals surface area contributed by atoms with E-state index in [9.17, 15) is 14.3 Å². The standard InChI is InChI=1S/C18H16FN3O2.C2H6/c1-10-2-5-14(13(19)8-10)21-16-12-9-20-7-6-15(12)22(11-3-4-11)17(16)18(23)24;1-2/h2,5-9,11,21H,3-4H2,1H3,(H,23,24);1-2H3. The van der Waals surface area contributed by atoms with E-state index < -0.39 is 11.8 Å². The van der Waals surface area contributed by atoms with Crippen molar-refractivity contribution in [3.8, 4) is 0 Å². The van der Waals surface area contributed by atoms with Gasteiger partial charge in [0.1, 0.15) is 5.82 Å². The third-order valence-electron chi connectivity index (χ3n) is 4.30. The van der Waals surface area contributed by atoms with Gasteiger partial charge in [-0.1, -0.05) is 19.9 Å².